The Morgan fingerprint density at radius 2 is 1.60 bits per heavy atom. The van der Waals surface area contributed by atoms with Gasteiger partial charge in [-0.05, 0) is 49.5 Å². The predicted molar refractivity (Wildman–Crippen MR) is 104 cm³/mol. The summed E-state index contributed by atoms with van der Waals surface area (Å²) in [7, 11) is 0. The van der Waals surface area contributed by atoms with Crippen molar-refractivity contribution in [3.8, 4) is 0 Å². The number of likely N-dealkylation sites (tertiary alicyclic amines) is 1. The smallest absolute Gasteiger partial charge is 0.228 e. The molecule has 0 bridgehead atoms. The first-order valence-corrected chi connectivity index (χ1v) is 9.34. The van der Waals surface area contributed by atoms with Crippen LogP contribution in [0.4, 0.5) is 5.69 Å². The molecule has 1 saturated heterocycles. The van der Waals surface area contributed by atoms with Crippen molar-refractivity contribution in [2.24, 2.45) is 5.92 Å². The van der Waals surface area contributed by atoms with Crippen molar-refractivity contribution in [1.29, 1.82) is 0 Å². The number of carbonyl (C=O) groups is 1. The molecule has 0 aromatic heterocycles. The standard InChI is InChI=1S/C22H28N2O/c1-19-12-15-23(16-13-19)17-14-22(25)24(21-10-6-3-7-11-21)18-20-8-4-2-5-9-20/h2-11,19H,12-18H2,1H3. The van der Waals surface area contributed by atoms with E-state index in [1.807, 2.05) is 53.4 Å². The molecule has 3 rings (SSSR count). The number of amides is 1. The number of hydrogen-bond donors (Lipinski definition) is 0. The van der Waals surface area contributed by atoms with Crippen LogP contribution in [0, 0.1) is 5.92 Å². The number of hydrogen-bond acceptors (Lipinski definition) is 2. The van der Waals surface area contributed by atoms with Crippen molar-refractivity contribution in [2.75, 3.05) is 24.5 Å². The van der Waals surface area contributed by atoms with Crippen molar-refractivity contribution in [3.63, 3.8) is 0 Å². The molecule has 1 fully saturated rings. The highest BCUT2D eigenvalue weighted by molar-refractivity contribution is 5.93. The second kappa shape index (κ2) is 8.82. The van der Waals surface area contributed by atoms with E-state index in [2.05, 4.69) is 24.0 Å². The largest absolute Gasteiger partial charge is 0.308 e. The summed E-state index contributed by atoms with van der Waals surface area (Å²) in [6, 6.07) is 20.2. The third-order valence-electron chi connectivity index (χ3n) is 5.07. The molecule has 1 amide bonds. The molecule has 0 N–H and O–H groups in total. The van der Waals surface area contributed by atoms with Gasteiger partial charge in [-0.1, -0.05) is 55.5 Å². The van der Waals surface area contributed by atoms with Gasteiger partial charge in [0.15, 0.2) is 0 Å². The van der Waals surface area contributed by atoms with Crippen LogP contribution in [0.15, 0.2) is 60.7 Å². The van der Waals surface area contributed by atoms with Crippen LogP contribution in [0.1, 0.15) is 31.7 Å². The molecule has 1 heterocycles. The predicted octanol–water partition coefficient (Wildman–Crippen LogP) is 4.34. The summed E-state index contributed by atoms with van der Waals surface area (Å²) < 4.78 is 0. The molecule has 0 radical (unpaired) electrons. The number of anilines is 1. The van der Waals surface area contributed by atoms with E-state index >= 15 is 0 Å². The lowest BCUT2D eigenvalue weighted by Crippen LogP contribution is -2.37. The monoisotopic (exact) mass is 336 g/mol. The summed E-state index contributed by atoms with van der Waals surface area (Å²) in [4.78, 5) is 17.3. The fourth-order valence-electron chi connectivity index (χ4n) is 3.37. The van der Waals surface area contributed by atoms with Crippen LogP contribution in [0.2, 0.25) is 0 Å². The number of para-hydroxylation sites is 1. The maximum absolute atomic E-state index is 13.0. The van der Waals surface area contributed by atoms with Gasteiger partial charge in [-0.3, -0.25) is 4.79 Å². The molecule has 132 valence electrons. The van der Waals surface area contributed by atoms with E-state index in [4.69, 9.17) is 0 Å². The Morgan fingerprint density at radius 1 is 1.00 bits per heavy atom. The first-order valence-electron chi connectivity index (χ1n) is 9.34. The van der Waals surface area contributed by atoms with E-state index in [0.29, 0.717) is 13.0 Å². The minimum Gasteiger partial charge on any atom is -0.308 e. The zero-order chi connectivity index (χ0) is 17.5. The van der Waals surface area contributed by atoms with Gasteiger partial charge >= 0.3 is 0 Å². The lowest BCUT2D eigenvalue weighted by atomic mass is 9.99. The highest BCUT2D eigenvalue weighted by atomic mass is 16.2. The van der Waals surface area contributed by atoms with Gasteiger partial charge < -0.3 is 9.80 Å². The number of piperidine rings is 1. The number of carbonyl (C=O) groups excluding carboxylic acids is 1. The quantitative estimate of drug-likeness (QED) is 0.783. The lowest BCUT2D eigenvalue weighted by molar-refractivity contribution is -0.119. The van der Waals surface area contributed by atoms with Crippen LogP contribution in [0.5, 0.6) is 0 Å². The van der Waals surface area contributed by atoms with Crippen LogP contribution in [-0.4, -0.2) is 30.4 Å². The zero-order valence-electron chi connectivity index (χ0n) is 15.1. The number of rotatable bonds is 6. The van der Waals surface area contributed by atoms with Crippen LogP contribution >= 0.6 is 0 Å². The third-order valence-corrected chi connectivity index (χ3v) is 5.07. The molecule has 0 atom stereocenters. The van der Waals surface area contributed by atoms with E-state index in [1.165, 1.54) is 12.8 Å². The molecule has 0 unspecified atom stereocenters. The van der Waals surface area contributed by atoms with Crippen LogP contribution < -0.4 is 4.90 Å². The van der Waals surface area contributed by atoms with E-state index in [9.17, 15) is 4.79 Å². The van der Waals surface area contributed by atoms with Crippen LogP contribution in [0.25, 0.3) is 0 Å². The molecular weight excluding hydrogens is 308 g/mol. The molecule has 3 nitrogen and oxygen atoms in total. The molecule has 3 heteroatoms. The summed E-state index contributed by atoms with van der Waals surface area (Å²) in [6.45, 7) is 6.06. The second-order valence-corrected chi connectivity index (χ2v) is 7.08. The molecule has 1 aliphatic rings. The maximum atomic E-state index is 13.0. The molecular formula is C22H28N2O. The van der Waals surface area contributed by atoms with Gasteiger partial charge in [-0.25, -0.2) is 0 Å². The van der Waals surface area contributed by atoms with Gasteiger partial charge in [0, 0.05) is 18.7 Å². The molecule has 0 spiro atoms. The topological polar surface area (TPSA) is 23.6 Å². The number of benzene rings is 2. The Labute approximate surface area is 151 Å². The SMILES string of the molecule is CC1CCN(CCC(=O)N(Cc2ccccc2)c2ccccc2)CC1. The maximum Gasteiger partial charge on any atom is 0.228 e. The molecule has 2 aromatic rings. The summed E-state index contributed by atoms with van der Waals surface area (Å²) >= 11 is 0. The van der Waals surface area contributed by atoms with Crippen LogP contribution in [0.3, 0.4) is 0 Å². The van der Waals surface area contributed by atoms with Gasteiger partial charge in [0.2, 0.25) is 5.91 Å². The van der Waals surface area contributed by atoms with Crippen molar-refractivity contribution < 1.29 is 4.79 Å². The highest BCUT2D eigenvalue weighted by Crippen LogP contribution is 2.20. The molecule has 25 heavy (non-hydrogen) atoms. The van der Waals surface area contributed by atoms with Crippen LogP contribution in [-0.2, 0) is 11.3 Å². The Morgan fingerprint density at radius 3 is 2.24 bits per heavy atom. The minimum absolute atomic E-state index is 0.202. The van der Waals surface area contributed by atoms with Gasteiger partial charge in [0.1, 0.15) is 0 Å². The van der Waals surface area contributed by atoms with Gasteiger partial charge in [-0.2, -0.15) is 0 Å². The van der Waals surface area contributed by atoms with Crippen molar-refractivity contribution >= 4 is 11.6 Å². The summed E-state index contributed by atoms with van der Waals surface area (Å²) in [5, 5.41) is 0. The highest BCUT2D eigenvalue weighted by Gasteiger charge is 2.20. The van der Waals surface area contributed by atoms with Gasteiger partial charge in [-0.15, -0.1) is 0 Å². The van der Waals surface area contributed by atoms with Crippen molar-refractivity contribution in [3.05, 3.63) is 66.2 Å². The summed E-state index contributed by atoms with van der Waals surface area (Å²) in [5.41, 5.74) is 2.13. The average Bonchev–Trinajstić information content (AvgIpc) is 2.67. The normalized spacial score (nSPS) is 15.9. The lowest BCUT2D eigenvalue weighted by Gasteiger charge is -2.31. The van der Waals surface area contributed by atoms with Crippen molar-refractivity contribution in [2.45, 2.75) is 32.7 Å². The first kappa shape index (κ1) is 17.7. The Bertz CT molecular complexity index is 648. The summed E-state index contributed by atoms with van der Waals surface area (Å²) in [6.07, 6.45) is 3.08. The second-order valence-electron chi connectivity index (χ2n) is 7.08. The van der Waals surface area contributed by atoms with E-state index in [0.717, 1.165) is 36.8 Å². The first-order chi connectivity index (χ1) is 12.2. The molecule has 2 aromatic carbocycles. The number of nitrogens with zero attached hydrogens (tertiary/aromatic N) is 2. The molecule has 0 saturated carbocycles. The van der Waals surface area contributed by atoms with Gasteiger partial charge in [0.25, 0.3) is 0 Å². The Kier molecular flexibility index (Phi) is 6.24. The van der Waals surface area contributed by atoms with E-state index in [1.54, 1.807) is 0 Å². The molecule has 0 aliphatic carbocycles. The average molecular weight is 336 g/mol. The fraction of sp³-hybridized carbons (Fsp3) is 0.409. The minimum atomic E-state index is 0.202. The van der Waals surface area contributed by atoms with Gasteiger partial charge in [0.05, 0.1) is 6.54 Å². The molecule has 1 aliphatic heterocycles. The Hall–Kier alpha value is -2.13. The fourth-order valence-corrected chi connectivity index (χ4v) is 3.37. The van der Waals surface area contributed by atoms with E-state index in [-0.39, 0.29) is 5.91 Å². The zero-order valence-corrected chi connectivity index (χ0v) is 15.1. The summed E-state index contributed by atoms with van der Waals surface area (Å²) in [5.74, 6) is 1.03. The third kappa shape index (κ3) is 5.17. The van der Waals surface area contributed by atoms with Crippen molar-refractivity contribution in [1.82, 2.24) is 4.90 Å². The Balaban J connectivity index is 1.65. The van der Waals surface area contributed by atoms with E-state index < -0.39 is 0 Å².